The highest BCUT2D eigenvalue weighted by Gasteiger charge is 2.08. The predicted octanol–water partition coefficient (Wildman–Crippen LogP) is 2.21. The van der Waals surface area contributed by atoms with Crippen LogP contribution in [0.3, 0.4) is 0 Å². The summed E-state index contributed by atoms with van der Waals surface area (Å²) in [5.41, 5.74) is 0.486. The third kappa shape index (κ3) is 3.47. The zero-order valence-electron chi connectivity index (χ0n) is 8.06. The summed E-state index contributed by atoms with van der Waals surface area (Å²) in [6.45, 7) is 1.66. The zero-order valence-corrected chi connectivity index (χ0v) is 8.81. The van der Waals surface area contributed by atoms with Crippen molar-refractivity contribution in [3.05, 3.63) is 35.4 Å². The van der Waals surface area contributed by atoms with Gasteiger partial charge in [-0.1, -0.05) is 6.07 Å². The van der Waals surface area contributed by atoms with Gasteiger partial charge in [0.25, 0.3) is 0 Å². The Morgan fingerprint density at radius 2 is 2.13 bits per heavy atom. The van der Waals surface area contributed by atoms with Gasteiger partial charge in [-0.2, -0.15) is 0 Å². The summed E-state index contributed by atoms with van der Waals surface area (Å²) >= 11 is 5.50. The molecule has 5 heteroatoms. The van der Waals surface area contributed by atoms with E-state index < -0.39 is 17.0 Å². The van der Waals surface area contributed by atoms with E-state index in [1.807, 2.05) is 0 Å². The molecule has 0 saturated carbocycles. The Morgan fingerprint density at radius 1 is 1.47 bits per heavy atom. The monoisotopic (exact) mass is 233 g/mol. The molecule has 0 spiro atoms. The molecular weight excluding hydrogens is 224 g/mol. The molecule has 0 aliphatic carbocycles. The van der Waals surface area contributed by atoms with Crippen LogP contribution < -0.4 is 5.32 Å². The molecule has 0 aliphatic rings. The second-order valence-corrected chi connectivity index (χ2v) is 3.74. The lowest BCUT2D eigenvalue weighted by Gasteiger charge is -2.06. The van der Waals surface area contributed by atoms with E-state index in [1.165, 1.54) is 13.0 Å². The average Bonchev–Trinajstić information content (AvgIpc) is 2.19. The van der Waals surface area contributed by atoms with Crippen molar-refractivity contribution in [3.8, 4) is 0 Å². The molecule has 0 heterocycles. The van der Waals surface area contributed by atoms with Crippen molar-refractivity contribution in [2.45, 2.75) is 18.8 Å². The number of rotatable bonds is 3. The van der Waals surface area contributed by atoms with E-state index in [4.69, 9.17) is 11.6 Å². The average molecular weight is 234 g/mol. The summed E-state index contributed by atoms with van der Waals surface area (Å²) in [6.07, 6.45) is 0. The molecule has 1 rings (SSSR count). The highest BCUT2D eigenvalue weighted by atomic mass is 35.5. The SMILES string of the molecule is CC(Cl)C(=O)NCc1ccc(F)c(F)c1. The summed E-state index contributed by atoms with van der Waals surface area (Å²) < 4.78 is 25.3. The van der Waals surface area contributed by atoms with Gasteiger partial charge in [-0.25, -0.2) is 8.78 Å². The van der Waals surface area contributed by atoms with Gasteiger partial charge in [0.1, 0.15) is 5.38 Å². The largest absolute Gasteiger partial charge is 0.351 e. The van der Waals surface area contributed by atoms with Crippen LogP contribution in [0.4, 0.5) is 8.78 Å². The molecule has 2 nitrogen and oxygen atoms in total. The van der Waals surface area contributed by atoms with Crippen molar-refractivity contribution in [1.29, 1.82) is 0 Å². The quantitative estimate of drug-likeness (QED) is 0.797. The molecule has 1 aromatic rings. The van der Waals surface area contributed by atoms with Crippen molar-refractivity contribution in [3.63, 3.8) is 0 Å². The first-order chi connectivity index (χ1) is 7.00. The fraction of sp³-hybridized carbons (Fsp3) is 0.300. The van der Waals surface area contributed by atoms with Crippen molar-refractivity contribution < 1.29 is 13.6 Å². The van der Waals surface area contributed by atoms with Crippen molar-refractivity contribution in [1.82, 2.24) is 5.32 Å². The third-order valence-corrected chi connectivity index (χ3v) is 2.01. The predicted molar refractivity (Wildman–Crippen MR) is 53.5 cm³/mol. The lowest BCUT2D eigenvalue weighted by atomic mass is 10.2. The van der Waals surface area contributed by atoms with Gasteiger partial charge in [0.05, 0.1) is 0 Å². The Morgan fingerprint density at radius 3 is 2.67 bits per heavy atom. The van der Waals surface area contributed by atoms with E-state index in [0.717, 1.165) is 12.1 Å². The minimum absolute atomic E-state index is 0.132. The standard InChI is InChI=1S/C10H10ClF2NO/c1-6(11)10(15)14-5-7-2-3-8(12)9(13)4-7/h2-4,6H,5H2,1H3,(H,14,15). The van der Waals surface area contributed by atoms with Gasteiger partial charge in [0.15, 0.2) is 11.6 Å². The molecule has 0 fully saturated rings. The van der Waals surface area contributed by atoms with Crippen molar-refractivity contribution in [2.24, 2.45) is 0 Å². The second-order valence-electron chi connectivity index (χ2n) is 3.08. The Hall–Kier alpha value is -1.16. The molecule has 1 atom stereocenters. The van der Waals surface area contributed by atoms with Gasteiger partial charge >= 0.3 is 0 Å². The number of hydrogen-bond acceptors (Lipinski definition) is 1. The van der Waals surface area contributed by atoms with E-state index >= 15 is 0 Å². The Bertz CT molecular complexity index is 368. The zero-order chi connectivity index (χ0) is 11.4. The smallest absolute Gasteiger partial charge is 0.238 e. The first kappa shape index (κ1) is 11.9. The number of hydrogen-bond donors (Lipinski definition) is 1. The molecule has 0 bridgehead atoms. The van der Waals surface area contributed by atoms with Crippen LogP contribution in [0.2, 0.25) is 0 Å². The number of amides is 1. The first-order valence-electron chi connectivity index (χ1n) is 4.36. The molecule has 0 saturated heterocycles. The maximum Gasteiger partial charge on any atom is 0.238 e. The molecule has 1 amide bonds. The van der Waals surface area contributed by atoms with Crippen molar-refractivity contribution in [2.75, 3.05) is 0 Å². The molecule has 15 heavy (non-hydrogen) atoms. The first-order valence-corrected chi connectivity index (χ1v) is 4.80. The number of halogens is 3. The minimum atomic E-state index is -0.930. The number of carbonyl (C=O) groups is 1. The molecule has 82 valence electrons. The lowest BCUT2D eigenvalue weighted by Crippen LogP contribution is -2.29. The fourth-order valence-corrected chi connectivity index (χ4v) is 1.06. The van der Waals surface area contributed by atoms with Crippen LogP contribution in [-0.4, -0.2) is 11.3 Å². The van der Waals surface area contributed by atoms with Gasteiger partial charge < -0.3 is 5.32 Å². The molecule has 0 aliphatic heterocycles. The van der Waals surface area contributed by atoms with Crippen LogP contribution in [0.25, 0.3) is 0 Å². The molecule has 1 aromatic carbocycles. The molecule has 1 unspecified atom stereocenters. The summed E-state index contributed by atoms with van der Waals surface area (Å²) in [5.74, 6) is -2.18. The maximum atomic E-state index is 12.7. The van der Waals surface area contributed by atoms with Gasteiger partial charge in [0.2, 0.25) is 5.91 Å². The normalized spacial score (nSPS) is 12.3. The molecular formula is C10H10ClF2NO. The summed E-state index contributed by atoms with van der Waals surface area (Å²) in [7, 11) is 0. The number of benzene rings is 1. The van der Waals surface area contributed by atoms with E-state index in [1.54, 1.807) is 0 Å². The molecule has 0 radical (unpaired) electrons. The summed E-state index contributed by atoms with van der Waals surface area (Å²) in [6, 6.07) is 3.45. The van der Waals surface area contributed by atoms with Crippen LogP contribution >= 0.6 is 11.6 Å². The van der Waals surface area contributed by atoms with E-state index in [2.05, 4.69) is 5.32 Å². The number of nitrogens with one attached hydrogen (secondary N) is 1. The van der Waals surface area contributed by atoms with E-state index in [9.17, 15) is 13.6 Å². The highest BCUT2D eigenvalue weighted by molar-refractivity contribution is 6.30. The van der Waals surface area contributed by atoms with Crippen LogP contribution in [0.15, 0.2) is 18.2 Å². The number of alkyl halides is 1. The van der Waals surface area contributed by atoms with Gasteiger partial charge in [-0.15, -0.1) is 11.6 Å². The van der Waals surface area contributed by atoms with Crippen LogP contribution in [-0.2, 0) is 11.3 Å². The van der Waals surface area contributed by atoms with Gasteiger partial charge in [-0.3, -0.25) is 4.79 Å². The van der Waals surface area contributed by atoms with E-state index in [0.29, 0.717) is 5.56 Å². The van der Waals surface area contributed by atoms with Gasteiger partial charge in [-0.05, 0) is 24.6 Å². The van der Waals surface area contributed by atoms with Crippen LogP contribution in [0, 0.1) is 11.6 Å². The third-order valence-electron chi connectivity index (χ3n) is 1.81. The Balaban J connectivity index is 2.58. The number of carbonyl (C=O) groups excluding carboxylic acids is 1. The Kier molecular flexibility index (Phi) is 4.03. The van der Waals surface area contributed by atoms with Crippen molar-refractivity contribution >= 4 is 17.5 Å². The van der Waals surface area contributed by atoms with Crippen LogP contribution in [0.1, 0.15) is 12.5 Å². The molecule has 0 aromatic heterocycles. The lowest BCUT2D eigenvalue weighted by molar-refractivity contribution is -0.120. The van der Waals surface area contributed by atoms with E-state index in [-0.39, 0.29) is 12.5 Å². The molecule has 1 N–H and O–H groups in total. The second kappa shape index (κ2) is 5.07. The topological polar surface area (TPSA) is 29.1 Å². The fourth-order valence-electron chi connectivity index (χ4n) is 0.979. The summed E-state index contributed by atoms with van der Waals surface area (Å²) in [4.78, 5) is 11.1. The maximum absolute atomic E-state index is 12.7. The summed E-state index contributed by atoms with van der Waals surface area (Å²) in [5, 5.41) is 1.84. The van der Waals surface area contributed by atoms with Crippen LogP contribution in [0.5, 0.6) is 0 Å². The van der Waals surface area contributed by atoms with Gasteiger partial charge in [0, 0.05) is 6.54 Å². The highest BCUT2D eigenvalue weighted by Crippen LogP contribution is 2.08. The minimum Gasteiger partial charge on any atom is -0.351 e. The Labute approximate surface area is 91.2 Å².